The first-order chi connectivity index (χ1) is 11.4. The van der Waals surface area contributed by atoms with Gasteiger partial charge in [-0.05, 0) is 42.0 Å². The Kier molecular flexibility index (Phi) is 4.51. The second-order valence-electron chi connectivity index (χ2n) is 5.70. The van der Waals surface area contributed by atoms with Gasteiger partial charge in [-0.3, -0.25) is 4.98 Å². The predicted octanol–water partition coefficient (Wildman–Crippen LogP) is 2.41. The van der Waals surface area contributed by atoms with Crippen LogP contribution in [0.2, 0.25) is 0 Å². The maximum Gasteiger partial charge on any atom is 0.266 e. The van der Waals surface area contributed by atoms with Gasteiger partial charge in [0.25, 0.3) is 5.92 Å². The molecule has 24 heavy (non-hydrogen) atoms. The molecule has 0 aliphatic carbocycles. The number of pyridine rings is 1. The van der Waals surface area contributed by atoms with Crippen molar-refractivity contribution in [2.75, 3.05) is 18.0 Å². The van der Waals surface area contributed by atoms with E-state index in [0.717, 1.165) is 5.56 Å². The number of sulfonamides is 1. The van der Waals surface area contributed by atoms with E-state index in [9.17, 15) is 17.2 Å². The van der Waals surface area contributed by atoms with Gasteiger partial charge in [0.05, 0.1) is 11.4 Å². The van der Waals surface area contributed by atoms with Crippen LogP contribution in [0, 0.1) is 0 Å². The molecule has 1 aliphatic heterocycles. The van der Waals surface area contributed by atoms with Crippen LogP contribution in [0.5, 0.6) is 0 Å². The summed E-state index contributed by atoms with van der Waals surface area (Å²) in [7, 11) is -3.66. The third kappa shape index (κ3) is 3.88. The van der Waals surface area contributed by atoms with Gasteiger partial charge in [-0.1, -0.05) is 0 Å². The Balaban J connectivity index is 1.68. The average molecular weight is 353 g/mol. The van der Waals surface area contributed by atoms with Gasteiger partial charge >= 0.3 is 0 Å². The summed E-state index contributed by atoms with van der Waals surface area (Å²) < 4.78 is 53.6. The summed E-state index contributed by atoms with van der Waals surface area (Å²) in [6.07, 6.45) is 3.00. The molecule has 128 valence electrons. The lowest BCUT2D eigenvalue weighted by Gasteiger charge is -2.18. The Morgan fingerprint density at radius 3 is 2.38 bits per heavy atom. The highest BCUT2D eigenvalue weighted by Crippen LogP contribution is 2.31. The first kappa shape index (κ1) is 16.8. The number of rotatable bonds is 5. The summed E-state index contributed by atoms with van der Waals surface area (Å²) in [5.41, 5.74) is 1.39. The van der Waals surface area contributed by atoms with Crippen molar-refractivity contribution in [2.24, 2.45) is 0 Å². The zero-order chi connectivity index (χ0) is 17.2. The van der Waals surface area contributed by atoms with E-state index in [0.29, 0.717) is 5.69 Å². The fourth-order valence-electron chi connectivity index (χ4n) is 2.55. The molecule has 2 aromatic rings. The number of aromatic nitrogens is 1. The number of hydrogen-bond acceptors (Lipinski definition) is 4. The van der Waals surface area contributed by atoms with Crippen LogP contribution in [-0.4, -0.2) is 32.4 Å². The van der Waals surface area contributed by atoms with Crippen LogP contribution in [0.4, 0.5) is 14.5 Å². The minimum Gasteiger partial charge on any atom is -0.365 e. The Labute approximate surface area is 139 Å². The van der Waals surface area contributed by atoms with Crippen molar-refractivity contribution in [1.29, 1.82) is 0 Å². The van der Waals surface area contributed by atoms with Gasteiger partial charge in [0.1, 0.15) is 0 Å². The van der Waals surface area contributed by atoms with Gasteiger partial charge in [0, 0.05) is 37.6 Å². The van der Waals surface area contributed by atoms with Crippen molar-refractivity contribution in [3.63, 3.8) is 0 Å². The van der Waals surface area contributed by atoms with Crippen LogP contribution in [-0.2, 0) is 16.6 Å². The zero-order valence-corrected chi connectivity index (χ0v) is 13.6. The molecule has 2 heterocycles. The van der Waals surface area contributed by atoms with E-state index in [-0.39, 0.29) is 31.0 Å². The van der Waals surface area contributed by atoms with Crippen LogP contribution >= 0.6 is 0 Å². The maximum absolute atomic E-state index is 13.3. The normalized spacial score (nSPS) is 17.2. The highest BCUT2D eigenvalue weighted by molar-refractivity contribution is 7.89. The number of benzene rings is 1. The first-order valence-electron chi connectivity index (χ1n) is 7.47. The van der Waals surface area contributed by atoms with Gasteiger partial charge in [-0.25, -0.2) is 21.9 Å². The molecule has 1 fully saturated rings. The number of nitrogens with one attached hydrogen (secondary N) is 1. The molecule has 0 amide bonds. The third-order valence-corrected chi connectivity index (χ3v) is 5.31. The Bertz CT molecular complexity index is 796. The third-order valence-electron chi connectivity index (χ3n) is 3.90. The van der Waals surface area contributed by atoms with Crippen molar-refractivity contribution in [1.82, 2.24) is 9.71 Å². The Morgan fingerprint density at radius 2 is 1.79 bits per heavy atom. The molecule has 1 aliphatic rings. The van der Waals surface area contributed by atoms with E-state index in [1.165, 1.54) is 12.1 Å². The lowest BCUT2D eigenvalue weighted by molar-refractivity contribution is 0.0257. The molecule has 0 atom stereocenters. The number of nitrogens with zero attached hydrogens (tertiary/aromatic N) is 2. The van der Waals surface area contributed by atoms with Crippen molar-refractivity contribution in [3.05, 3.63) is 54.4 Å². The lowest BCUT2D eigenvalue weighted by atomic mass is 10.3. The minimum absolute atomic E-state index is 0.103. The molecule has 0 saturated carbocycles. The van der Waals surface area contributed by atoms with Gasteiger partial charge in [0.15, 0.2) is 0 Å². The fourth-order valence-corrected chi connectivity index (χ4v) is 3.57. The summed E-state index contributed by atoms with van der Waals surface area (Å²) in [4.78, 5) is 5.53. The second-order valence-corrected chi connectivity index (χ2v) is 7.47. The summed E-state index contributed by atoms with van der Waals surface area (Å²) in [6, 6.07) is 9.42. The molecule has 0 spiro atoms. The van der Waals surface area contributed by atoms with E-state index in [1.807, 2.05) is 0 Å². The van der Waals surface area contributed by atoms with Crippen LogP contribution in [0.15, 0.2) is 53.7 Å². The average Bonchev–Trinajstić information content (AvgIpc) is 2.94. The van der Waals surface area contributed by atoms with Crippen LogP contribution in [0.1, 0.15) is 12.0 Å². The van der Waals surface area contributed by atoms with Crippen LogP contribution in [0.3, 0.4) is 0 Å². The number of hydrogen-bond donors (Lipinski definition) is 1. The minimum atomic E-state index is -3.66. The molecular weight excluding hydrogens is 336 g/mol. The van der Waals surface area contributed by atoms with E-state index in [4.69, 9.17) is 0 Å². The SMILES string of the molecule is O=S(=O)(NCc1ccncc1)c1ccc(N2CCC(F)(F)C2)cc1. The summed E-state index contributed by atoms with van der Waals surface area (Å²) >= 11 is 0. The fraction of sp³-hybridized carbons (Fsp3) is 0.312. The summed E-state index contributed by atoms with van der Waals surface area (Å²) in [6.45, 7) is 0.0870. The van der Waals surface area contributed by atoms with Gasteiger partial charge in [-0.2, -0.15) is 0 Å². The van der Waals surface area contributed by atoms with E-state index < -0.39 is 15.9 Å². The largest absolute Gasteiger partial charge is 0.365 e. The molecule has 5 nitrogen and oxygen atoms in total. The second kappa shape index (κ2) is 6.45. The van der Waals surface area contributed by atoms with Crippen molar-refractivity contribution >= 4 is 15.7 Å². The Morgan fingerprint density at radius 1 is 1.12 bits per heavy atom. The summed E-state index contributed by atoms with van der Waals surface area (Å²) in [5, 5.41) is 0. The molecule has 0 unspecified atom stereocenters. The monoisotopic (exact) mass is 353 g/mol. The number of halogens is 2. The predicted molar refractivity (Wildman–Crippen MR) is 86.5 cm³/mol. The summed E-state index contributed by atoms with van der Waals surface area (Å²) in [5.74, 6) is -2.68. The highest BCUT2D eigenvalue weighted by Gasteiger charge is 2.38. The van der Waals surface area contributed by atoms with Gasteiger partial charge in [-0.15, -0.1) is 0 Å². The van der Waals surface area contributed by atoms with Crippen LogP contribution < -0.4 is 9.62 Å². The smallest absolute Gasteiger partial charge is 0.266 e. The topological polar surface area (TPSA) is 62.3 Å². The standard InChI is InChI=1S/C16H17F2N3O2S/c17-16(18)7-10-21(12-16)14-1-3-15(4-2-14)24(22,23)20-11-13-5-8-19-9-6-13/h1-6,8-9,20H,7,10-12H2. The van der Waals surface area contributed by atoms with Crippen molar-refractivity contribution < 1.29 is 17.2 Å². The Hall–Kier alpha value is -2.06. The highest BCUT2D eigenvalue weighted by atomic mass is 32.2. The van der Waals surface area contributed by atoms with E-state index >= 15 is 0 Å². The van der Waals surface area contributed by atoms with Crippen molar-refractivity contribution in [3.8, 4) is 0 Å². The number of alkyl halides is 2. The molecule has 3 rings (SSSR count). The van der Waals surface area contributed by atoms with Gasteiger partial charge in [0.2, 0.25) is 10.0 Å². The lowest BCUT2D eigenvalue weighted by Crippen LogP contribution is -2.25. The molecule has 1 aromatic heterocycles. The maximum atomic E-state index is 13.3. The molecule has 1 saturated heterocycles. The molecule has 0 radical (unpaired) electrons. The van der Waals surface area contributed by atoms with E-state index in [2.05, 4.69) is 9.71 Å². The molecular formula is C16H17F2N3O2S. The molecule has 1 N–H and O–H groups in total. The zero-order valence-electron chi connectivity index (χ0n) is 12.8. The van der Waals surface area contributed by atoms with Gasteiger partial charge < -0.3 is 4.90 Å². The van der Waals surface area contributed by atoms with Crippen LogP contribution in [0.25, 0.3) is 0 Å². The van der Waals surface area contributed by atoms with Crippen molar-refractivity contribution in [2.45, 2.75) is 23.8 Å². The number of anilines is 1. The molecule has 0 bridgehead atoms. The first-order valence-corrected chi connectivity index (χ1v) is 8.95. The molecule has 1 aromatic carbocycles. The van der Waals surface area contributed by atoms with E-state index in [1.54, 1.807) is 41.6 Å². The molecule has 8 heteroatoms. The quantitative estimate of drug-likeness (QED) is 0.897.